The van der Waals surface area contributed by atoms with E-state index in [2.05, 4.69) is 0 Å². The molecule has 0 bridgehead atoms. The number of likely N-dealkylation sites (tertiary alicyclic amines) is 1. The summed E-state index contributed by atoms with van der Waals surface area (Å²) in [5.41, 5.74) is -0.184. The quantitative estimate of drug-likeness (QED) is 0.139. The second-order valence-electron chi connectivity index (χ2n) is 7.10. The van der Waals surface area contributed by atoms with Gasteiger partial charge < -0.3 is 24.6 Å². The molecule has 10 nitrogen and oxygen atoms in total. The van der Waals surface area contributed by atoms with Crippen molar-refractivity contribution in [1.82, 2.24) is 4.90 Å². The molecule has 3 rings (SSSR count). The highest BCUT2D eigenvalue weighted by Gasteiger charge is 2.47. The van der Waals surface area contributed by atoms with E-state index in [1.807, 2.05) is 6.92 Å². The Bertz CT molecular complexity index is 1060. The van der Waals surface area contributed by atoms with E-state index in [4.69, 9.17) is 14.6 Å². The van der Waals surface area contributed by atoms with Crippen LogP contribution in [0.2, 0.25) is 0 Å². The summed E-state index contributed by atoms with van der Waals surface area (Å²) in [6.45, 7) is 2.02. The molecule has 0 radical (unpaired) electrons. The normalized spacial score (nSPS) is 17.4. The van der Waals surface area contributed by atoms with Gasteiger partial charge in [-0.25, -0.2) is 0 Å². The summed E-state index contributed by atoms with van der Waals surface area (Å²) >= 11 is 0. The summed E-state index contributed by atoms with van der Waals surface area (Å²) < 4.78 is 10.6. The number of nitro benzene ring substituents is 1. The van der Waals surface area contributed by atoms with Crippen molar-refractivity contribution in [2.75, 3.05) is 33.0 Å². The minimum Gasteiger partial charge on any atom is -0.507 e. The van der Waals surface area contributed by atoms with Gasteiger partial charge in [0.05, 0.1) is 48.5 Å². The number of nitrogens with zero attached hydrogens (tertiary/aromatic N) is 2. The van der Waals surface area contributed by atoms with Crippen LogP contribution in [-0.4, -0.2) is 64.7 Å². The fourth-order valence-corrected chi connectivity index (χ4v) is 3.68. The molecule has 174 valence electrons. The highest BCUT2D eigenvalue weighted by molar-refractivity contribution is 6.46. The first-order chi connectivity index (χ1) is 15.9. The predicted molar refractivity (Wildman–Crippen MR) is 118 cm³/mol. The van der Waals surface area contributed by atoms with Gasteiger partial charge in [-0.2, -0.15) is 0 Å². The standard InChI is InChI=1S/C23H24N2O8/c1-2-33-16-9-7-15(8-10-16)21(27)19-20(17-5-3-4-6-18(17)25(30)31)24(23(29)22(19)28)11-13-32-14-12-26/h3-10,20,26-27H,2,11-14H2,1H3/b21-19-. The zero-order chi connectivity index (χ0) is 24.0. The van der Waals surface area contributed by atoms with Gasteiger partial charge in [0.2, 0.25) is 0 Å². The van der Waals surface area contributed by atoms with Gasteiger partial charge in [-0.1, -0.05) is 12.1 Å². The Labute approximate surface area is 189 Å². The number of benzene rings is 2. The van der Waals surface area contributed by atoms with Gasteiger partial charge in [0, 0.05) is 18.2 Å². The van der Waals surface area contributed by atoms with Crippen LogP contribution >= 0.6 is 0 Å². The molecule has 2 aromatic carbocycles. The number of hydrogen-bond donors (Lipinski definition) is 2. The zero-order valence-electron chi connectivity index (χ0n) is 18.0. The van der Waals surface area contributed by atoms with E-state index >= 15 is 0 Å². The topological polar surface area (TPSA) is 139 Å². The maximum Gasteiger partial charge on any atom is 0.295 e. The second-order valence-corrected chi connectivity index (χ2v) is 7.10. The summed E-state index contributed by atoms with van der Waals surface area (Å²) in [5.74, 6) is -1.74. The third-order valence-electron chi connectivity index (χ3n) is 5.12. The minimum absolute atomic E-state index is 0.00614. The molecule has 2 aromatic rings. The number of hydrogen-bond acceptors (Lipinski definition) is 8. The Balaban J connectivity index is 2.12. The Kier molecular flexibility index (Phi) is 7.75. The number of aliphatic hydroxyl groups excluding tert-OH is 2. The van der Waals surface area contributed by atoms with Crippen molar-refractivity contribution in [3.05, 3.63) is 75.3 Å². The maximum absolute atomic E-state index is 13.0. The van der Waals surface area contributed by atoms with Crippen molar-refractivity contribution in [1.29, 1.82) is 0 Å². The number of nitro groups is 1. The lowest BCUT2D eigenvalue weighted by Gasteiger charge is -2.25. The number of aliphatic hydroxyl groups is 2. The molecule has 0 saturated carbocycles. The zero-order valence-corrected chi connectivity index (χ0v) is 18.0. The summed E-state index contributed by atoms with van der Waals surface area (Å²) in [4.78, 5) is 38.0. The molecule has 1 amide bonds. The molecule has 10 heteroatoms. The van der Waals surface area contributed by atoms with Gasteiger partial charge in [0.15, 0.2) is 0 Å². The van der Waals surface area contributed by atoms with Crippen molar-refractivity contribution >= 4 is 23.1 Å². The van der Waals surface area contributed by atoms with E-state index < -0.39 is 28.4 Å². The molecule has 33 heavy (non-hydrogen) atoms. The van der Waals surface area contributed by atoms with Gasteiger partial charge >= 0.3 is 0 Å². The summed E-state index contributed by atoms with van der Waals surface area (Å²) in [6, 6.07) is 10.9. The molecule has 1 saturated heterocycles. The lowest BCUT2D eigenvalue weighted by atomic mass is 9.94. The molecule has 1 fully saturated rings. The van der Waals surface area contributed by atoms with E-state index in [0.29, 0.717) is 12.4 Å². The average Bonchev–Trinajstić information content (AvgIpc) is 3.07. The lowest BCUT2D eigenvalue weighted by Crippen LogP contribution is -2.33. The molecule has 0 aliphatic carbocycles. The van der Waals surface area contributed by atoms with Crippen molar-refractivity contribution < 1.29 is 34.2 Å². The molecular formula is C23H24N2O8. The van der Waals surface area contributed by atoms with Crippen molar-refractivity contribution in [2.24, 2.45) is 0 Å². The van der Waals surface area contributed by atoms with E-state index in [9.17, 15) is 24.8 Å². The predicted octanol–water partition coefficient (Wildman–Crippen LogP) is 2.42. The number of carbonyl (C=O) groups excluding carboxylic acids is 2. The molecule has 0 spiro atoms. The summed E-state index contributed by atoms with van der Waals surface area (Å²) in [7, 11) is 0. The number of amides is 1. The molecule has 1 atom stereocenters. The molecule has 1 unspecified atom stereocenters. The van der Waals surface area contributed by atoms with E-state index in [-0.39, 0.29) is 48.8 Å². The number of para-hydroxylation sites is 1. The Hall–Kier alpha value is -3.76. The fourth-order valence-electron chi connectivity index (χ4n) is 3.68. The van der Waals surface area contributed by atoms with Gasteiger partial charge in [0.1, 0.15) is 11.5 Å². The Morgan fingerprint density at radius 2 is 1.82 bits per heavy atom. The van der Waals surface area contributed by atoms with Crippen LogP contribution < -0.4 is 4.74 Å². The average molecular weight is 456 g/mol. The third kappa shape index (κ3) is 5.02. The van der Waals surface area contributed by atoms with Crippen LogP contribution in [0.25, 0.3) is 5.76 Å². The monoisotopic (exact) mass is 456 g/mol. The minimum atomic E-state index is -1.18. The molecule has 1 heterocycles. The van der Waals surface area contributed by atoms with Crippen LogP contribution in [0, 0.1) is 10.1 Å². The van der Waals surface area contributed by atoms with Gasteiger partial charge in [-0.3, -0.25) is 19.7 Å². The van der Waals surface area contributed by atoms with Crippen LogP contribution in [0.3, 0.4) is 0 Å². The van der Waals surface area contributed by atoms with Crippen LogP contribution in [0.4, 0.5) is 5.69 Å². The number of Topliss-reactive ketones (excluding diaryl/α,β-unsaturated/α-hetero) is 1. The highest BCUT2D eigenvalue weighted by atomic mass is 16.6. The van der Waals surface area contributed by atoms with Crippen molar-refractivity contribution in [3.63, 3.8) is 0 Å². The first kappa shape index (κ1) is 23.9. The van der Waals surface area contributed by atoms with E-state index in [1.54, 1.807) is 18.2 Å². The van der Waals surface area contributed by atoms with Gasteiger partial charge in [0.25, 0.3) is 17.4 Å². The SMILES string of the molecule is CCOc1ccc(/C(O)=C2/C(=O)C(=O)N(CCOCCO)C2c2ccccc2[N+](=O)[O-])cc1. The molecule has 0 aromatic heterocycles. The summed E-state index contributed by atoms with van der Waals surface area (Å²) in [6.07, 6.45) is 0. The van der Waals surface area contributed by atoms with Crippen molar-refractivity contribution in [3.8, 4) is 5.75 Å². The first-order valence-corrected chi connectivity index (χ1v) is 10.3. The number of ether oxygens (including phenoxy) is 2. The van der Waals surface area contributed by atoms with Crippen LogP contribution in [0.1, 0.15) is 24.1 Å². The summed E-state index contributed by atoms with van der Waals surface area (Å²) in [5, 5.41) is 31.6. The van der Waals surface area contributed by atoms with Crippen LogP contribution in [0.5, 0.6) is 5.75 Å². The van der Waals surface area contributed by atoms with Crippen LogP contribution in [-0.2, 0) is 14.3 Å². The number of ketones is 1. The van der Waals surface area contributed by atoms with Crippen LogP contribution in [0.15, 0.2) is 54.1 Å². The van der Waals surface area contributed by atoms with E-state index in [1.165, 1.54) is 30.3 Å². The number of rotatable bonds is 10. The largest absolute Gasteiger partial charge is 0.507 e. The molecule has 1 aliphatic rings. The lowest BCUT2D eigenvalue weighted by molar-refractivity contribution is -0.385. The highest BCUT2D eigenvalue weighted by Crippen LogP contribution is 2.42. The molecule has 2 N–H and O–H groups in total. The third-order valence-corrected chi connectivity index (χ3v) is 5.12. The van der Waals surface area contributed by atoms with E-state index in [0.717, 1.165) is 4.90 Å². The van der Waals surface area contributed by atoms with Crippen molar-refractivity contribution in [2.45, 2.75) is 13.0 Å². The van der Waals surface area contributed by atoms with Gasteiger partial charge in [-0.05, 0) is 37.3 Å². The second kappa shape index (κ2) is 10.7. The molecule has 1 aliphatic heterocycles. The fraction of sp³-hybridized carbons (Fsp3) is 0.304. The Morgan fingerprint density at radius 1 is 1.12 bits per heavy atom. The molecular weight excluding hydrogens is 432 g/mol. The van der Waals surface area contributed by atoms with Gasteiger partial charge in [-0.15, -0.1) is 0 Å². The number of carbonyl (C=O) groups is 2. The maximum atomic E-state index is 13.0. The Morgan fingerprint density at radius 3 is 2.45 bits per heavy atom. The first-order valence-electron chi connectivity index (χ1n) is 10.3. The smallest absolute Gasteiger partial charge is 0.295 e.